The maximum Gasteiger partial charge on any atom is 0.244 e. The van der Waals surface area contributed by atoms with Gasteiger partial charge in [-0.3, -0.25) is 13.9 Å². The lowest BCUT2D eigenvalue weighted by Gasteiger charge is -2.33. The number of nitrogens with one attached hydrogen (secondary N) is 1. The van der Waals surface area contributed by atoms with Gasteiger partial charge >= 0.3 is 0 Å². The molecule has 0 saturated heterocycles. The van der Waals surface area contributed by atoms with Gasteiger partial charge in [-0.2, -0.15) is 0 Å². The SMILES string of the molecule is CNC(=O)[C@@H](Cc1ccccc1)N(Cc1ccccc1C)C(=O)CN(c1ccc(Br)cc1)S(C)(=O)=O. The predicted octanol–water partition coefficient (Wildman–Crippen LogP) is 3.91. The van der Waals surface area contributed by atoms with Gasteiger partial charge in [0.05, 0.1) is 11.9 Å². The highest BCUT2D eigenvalue weighted by molar-refractivity contribution is 9.10. The minimum atomic E-state index is -3.78. The van der Waals surface area contributed by atoms with Gasteiger partial charge in [0.1, 0.15) is 12.6 Å². The van der Waals surface area contributed by atoms with E-state index in [1.165, 1.54) is 11.9 Å². The number of benzene rings is 3. The van der Waals surface area contributed by atoms with E-state index in [9.17, 15) is 18.0 Å². The molecule has 0 heterocycles. The molecule has 3 aromatic carbocycles. The summed E-state index contributed by atoms with van der Waals surface area (Å²) in [6.45, 7) is 1.66. The van der Waals surface area contributed by atoms with Crippen molar-refractivity contribution in [3.63, 3.8) is 0 Å². The fourth-order valence-corrected chi connectivity index (χ4v) is 5.03. The summed E-state index contributed by atoms with van der Waals surface area (Å²) in [6, 6.07) is 22.9. The van der Waals surface area contributed by atoms with E-state index in [1.54, 1.807) is 24.3 Å². The zero-order valence-electron chi connectivity index (χ0n) is 20.5. The molecule has 9 heteroatoms. The zero-order valence-corrected chi connectivity index (χ0v) is 22.9. The molecule has 36 heavy (non-hydrogen) atoms. The standard InChI is InChI=1S/C27H30BrN3O4S/c1-20-9-7-8-12-22(20)18-30(25(27(33)29-2)17-21-10-5-4-6-11-21)26(32)19-31(36(3,34)35)24-15-13-23(28)14-16-24/h4-16,25H,17-19H2,1-3H3,(H,29,33)/t25-/m1/s1. The summed E-state index contributed by atoms with van der Waals surface area (Å²) in [5.41, 5.74) is 3.10. The van der Waals surface area contributed by atoms with Gasteiger partial charge in [-0.15, -0.1) is 0 Å². The van der Waals surface area contributed by atoms with Crippen molar-refractivity contribution in [1.29, 1.82) is 0 Å². The Hall–Kier alpha value is -3.17. The Morgan fingerprint density at radius 2 is 1.56 bits per heavy atom. The molecule has 1 atom stereocenters. The highest BCUT2D eigenvalue weighted by Gasteiger charge is 2.32. The lowest BCUT2D eigenvalue weighted by Crippen LogP contribution is -2.53. The van der Waals surface area contributed by atoms with Gasteiger partial charge in [-0.25, -0.2) is 8.42 Å². The molecule has 0 fully saturated rings. The van der Waals surface area contributed by atoms with Crippen LogP contribution in [-0.4, -0.2) is 51.0 Å². The Bertz CT molecular complexity index is 1300. The number of amides is 2. The van der Waals surface area contributed by atoms with Crippen LogP contribution in [0, 0.1) is 6.92 Å². The highest BCUT2D eigenvalue weighted by atomic mass is 79.9. The minimum Gasteiger partial charge on any atom is -0.357 e. The van der Waals surface area contributed by atoms with E-state index >= 15 is 0 Å². The molecular formula is C27H30BrN3O4S. The third-order valence-electron chi connectivity index (χ3n) is 5.91. The minimum absolute atomic E-state index is 0.161. The van der Waals surface area contributed by atoms with E-state index in [1.807, 2.05) is 61.5 Å². The van der Waals surface area contributed by atoms with Crippen molar-refractivity contribution in [3.8, 4) is 0 Å². The van der Waals surface area contributed by atoms with Gasteiger partial charge < -0.3 is 10.2 Å². The molecule has 0 radical (unpaired) electrons. The summed E-state index contributed by atoms with van der Waals surface area (Å²) < 4.78 is 27.3. The number of hydrogen-bond donors (Lipinski definition) is 1. The fourth-order valence-electron chi connectivity index (χ4n) is 3.91. The topological polar surface area (TPSA) is 86.8 Å². The summed E-state index contributed by atoms with van der Waals surface area (Å²) in [4.78, 5) is 28.4. The van der Waals surface area contributed by atoms with Crippen molar-refractivity contribution in [2.24, 2.45) is 0 Å². The first kappa shape index (κ1) is 27.4. The molecular weight excluding hydrogens is 542 g/mol. The molecule has 2 amide bonds. The van der Waals surface area contributed by atoms with Crippen LogP contribution >= 0.6 is 15.9 Å². The Labute approximate surface area is 221 Å². The third kappa shape index (κ3) is 7.18. The maximum atomic E-state index is 13.8. The molecule has 3 rings (SSSR count). The smallest absolute Gasteiger partial charge is 0.244 e. The van der Waals surface area contributed by atoms with Gasteiger partial charge in [0.15, 0.2) is 0 Å². The first-order valence-corrected chi connectivity index (χ1v) is 14.1. The van der Waals surface area contributed by atoms with E-state index in [-0.39, 0.29) is 18.9 Å². The van der Waals surface area contributed by atoms with Crippen molar-refractivity contribution < 1.29 is 18.0 Å². The summed E-state index contributed by atoms with van der Waals surface area (Å²) in [7, 11) is -2.25. The lowest BCUT2D eigenvalue weighted by atomic mass is 10.0. The number of sulfonamides is 1. The average Bonchev–Trinajstić information content (AvgIpc) is 2.85. The van der Waals surface area contributed by atoms with Crippen LogP contribution < -0.4 is 9.62 Å². The number of halogens is 1. The Morgan fingerprint density at radius 1 is 0.944 bits per heavy atom. The molecule has 7 nitrogen and oxygen atoms in total. The van der Waals surface area contributed by atoms with E-state index in [0.29, 0.717) is 5.69 Å². The van der Waals surface area contributed by atoms with Crippen LogP contribution in [0.1, 0.15) is 16.7 Å². The van der Waals surface area contributed by atoms with Crippen molar-refractivity contribution in [2.75, 3.05) is 24.2 Å². The molecule has 0 aliphatic carbocycles. The number of carbonyl (C=O) groups excluding carboxylic acids is 2. The number of nitrogens with zero attached hydrogens (tertiary/aromatic N) is 2. The Balaban J connectivity index is 2.03. The lowest BCUT2D eigenvalue weighted by molar-refractivity contribution is -0.139. The Kier molecular flexibility index (Phi) is 9.28. The maximum absolute atomic E-state index is 13.8. The van der Waals surface area contributed by atoms with Gasteiger partial charge in [0.25, 0.3) is 0 Å². The predicted molar refractivity (Wildman–Crippen MR) is 146 cm³/mol. The molecule has 3 aromatic rings. The first-order valence-electron chi connectivity index (χ1n) is 11.4. The van der Waals surface area contributed by atoms with Gasteiger partial charge in [0.2, 0.25) is 21.8 Å². The van der Waals surface area contributed by atoms with Crippen LogP contribution in [0.2, 0.25) is 0 Å². The average molecular weight is 573 g/mol. The van der Waals surface area contributed by atoms with E-state index < -0.39 is 28.5 Å². The van der Waals surface area contributed by atoms with Crippen LogP contribution in [0.3, 0.4) is 0 Å². The molecule has 0 aromatic heterocycles. The molecule has 0 aliphatic heterocycles. The normalized spacial score (nSPS) is 12.0. The number of likely N-dealkylation sites (N-methyl/N-ethyl adjacent to an activating group) is 1. The molecule has 190 valence electrons. The summed E-state index contributed by atoms with van der Waals surface area (Å²) >= 11 is 3.35. The monoisotopic (exact) mass is 571 g/mol. The van der Waals surface area contributed by atoms with Crippen LogP contribution in [-0.2, 0) is 32.6 Å². The van der Waals surface area contributed by atoms with E-state index in [2.05, 4.69) is 21.2 Å². The number of carbonyl (C=O) groups is 2. The quantitative estimate of drug-likeness (QED) is 0.399. The molecule has 0 unspecified atom stereocenters. The Morgan fingerprint density at radius 3 is 2.14 bits per heavy atom. The largest absolute Gasteiger partial charge is 0.357 e. The van der Waals surface area contributed by atoms with Crippen LogP contribution in [0.15, 0.2) is 83.3 Å². The van der Waals surface area contributed by atoms with Crippen molar-refractivity contribution in [3.05, 3.63) is 100 Å². The second kappa shape index (κ2) is 12.2. The third-order valence-corrected chi connectivity index (χ3v) is 7.58. The zero-order chi connectivity index (χ0) is 26.3. The van der Waals surface area contributed by atoms with Gasteiger partial charge in [0, 0.05) is 24.5 Å². The summed E-state index contributed by atoms with van der Waals surface area (Å²) in [5, 5.41) is 2.67. The van der Waals surface area contributed by atoms with Crippen molar-refractivity contribution >= 4 is 43.5 Å². The fraction of sp³-hybridized carbons (Fsp3) is 0.259. The number of rotatable bonds is 10. The van der Waals surface area contributed by atoms with E-state index in [4.69, 9.17) is 0 Å². The molecule has 0 spiro atoms. The molecule has 0 bridgehead atoms. The van der Waals surface area contributed by atoms with E-state index in [0.717, 1.165) is 31.7 Å². The number of anilines is 1. The molecule has 0 aliphatic rings. The van der Waals surface area contributed by atoms with Gasteiger partial charge in [-0.05, 0) is 47.9 Å². The first-order chi connectivity index (χ1) is 17.1. The summed E-state index contributed by atoms with van der Waals surface area (Å²) in [6.07, 6.45) is 1.35. The highest BCUT2D eigenvalue weighted by Crippen LogP contribution is 2.23. The van der Waals surface area contributed by atoms with Crippen molar-refractivity contribution in [2.45, 2.75) is 25.9 Å². The van der Waals surface area contributed by atoms with Crippen molar-refractivity contribution in [1.82, 2.24) is 10.2 Å². The van der Waals surface area contributed by atoms with Crippen LogP contribution in [0.25, 0.3) is 0 Å². The van der Waals surface area contributed by atoms with Gasteiger partial charge in [-0.1, -0.05) is 70.5 Å². The van der Waals surface area contributed by atoms with Crippen LogP contribution in [0.5, 0.6) is 0 Å². The molecule has 0 saturated carbocycles. The number of aryl methyl sites for hydroxylation is 1. The number of hydrogen-bond acceptors (Lipinski definition) is 4. The summed E-state index contributed by atoms with van der Waals surface area (Å²) in [5.74, 6) is -0.800. The second-order valence-electron chi connectivity index (χ2n) is 8.51. The van der Waals surface area contributed by atoms with Crippen LogP contribution in [0.4, 0.5) is 5.69 Å². The molecule has 1 N–H and O–H groups in total. The second-order valence-corrected chi connectivity index (χ2v) is 11.3.